The van der Waals surface area contributed by atoms with E-state index >= 15 is 0 Å². The molecule has 0 aromatic rings. The molecule has 0 saturated heterocycles. The molecule has 0 aromatic heterocycles. The number of hydrogen-bond acceptors (Lipinski definition) is 2. The number of amides is 1. The SMILES string of the molecule is CC(=O)NCC(C)(C)CNCC(C)(C)C(C)(C)C. The second kappa shape index (κ2) is 6.05. The zero-order chi connectivity index (χ0) is 14.6. The van der Waals surface area contributed by atoms with Crippen LogP contribution in [0.4, 0.5) is 0 Å². The molecular formula is C15H32N2O. The van der Waals surface area contributed by atoms with Crippen LogP contribution in [-0.2, 0) is 4.79 Å². The molecule has 0 aliphatic rings. The Morgan fingerprint density at radius 3 is 1.78 bits per heavy atom. The zero-order valence-corrected chi connectivity index (χ0v) is 13.5. The summed E-state index contributed by atoms with van der Waals surface area (Å²) in [5.74, 6) is 0.0399. The molecule has 0 bridgehead atoms. The van der Waals surface area contributed by atoms with Crippen LogP contribution in [0.3, 0.4) is 0 Å². The van der Waals surface area contributed by atoms with Crippen molar-refractivity contribution in [3.63, 3.8) is 0 Å². The number of carbonyl (C=O) groups is 1. The van der Waals surface area contributed by atoms with Crippen LogP contribution in [0.2, 0.25) is 0 Å². The Morgan fingerprint density at radius 1 is 0.889 bits per heavy atom. The Kier molecular flexibility index (Phi) is 5.86. The third-order valence-electron chi connectivity index (χ3n) is 4.02. The summed E-state index contributed by atoms with van der Waals surface area (Å²) >= 11 is 0. The van der Waals surface area contributed by atoms with E-state index in [1.54, 1.807) is 6.92 Å². The molecule has 1 amide bonds. The van der Waals surface area contributed by atoms with Crippen LogP contribution in [0.15, 0.2) is 0 Å². The molecule has 3 nitrogen and oxygen atoms in total. The maximum Gasteiger partial charge on any atom is 0.216 e. The van der Waals surface area contributed by atoms with Crippen molar-refractivity contribution < 1.29 is 4.79 Å². The molecule has 108 valence electrons. The Labute approximate surface area is 113 Å². The largest absolute Gasteiger partial charge is 0.356 e. The number of carbonyl (C=O) groups excluding carboxylic acids is 1. The smallest absolute Gasteiger partial charge is 0.216 e. The summed E-state index contributed by atoms with van der Waals surface area (Å²) in [6.07, 6.45) is 0. The highest BCUT2D eigenvalue weighted by Crippen LogP contribution is 2.37. The van der Waals surface area contributed by atoms with E-state index in [-0.39, 0.29) is 22.2 Å². The lowest BCUT2D eigenvalue weighted by Crippen LogP contribution is -2.45. The molecule has 0 atom stereocenters. The van der Waals surface area contributed by atoms with Gasteiger partial charge in [0.05, 0.1) is 0 Å². The fourth-order valence-corrected chi connectivity index (χ4v) is 1.40. The minimum absolute atomic E-state index is 0.0399. The van der Waals surface area contributed by atoms with Crippen LogP contribution in [0.5, 0.6) is 0 Å². The van der Waals surface area contributed by atoms with Crippen LogP contribution < -0.4 is 10.6 Å². The third kappa shape index (κ3) is 6.39. The first kappa shape index (κ1) is 17.4. The Morgan fingerprint density at radius 2 is 1.39 bits per heavy atom. The molecule has 3 heteroatoms. The van der Waals surface area contributed by atoms with E-state index in [4.69, 9.17) is 0 Å². The van der Waals surface area contributed by atoms with E-state index in [0.717, 1.165) is 13.1 Å². The van der Waals surface area contributed by atoms with Crippen molar-refractivity contribution in [2.45, 2.75) is 55.4 Å². The van der Waals surface area contributed by atoms with E-state index in [2.05, 4.69) is 59.1 Å². The van der Waals surface area contributed by atoms with Gasteiger partial charge >= 0.3 is 0 Å². The van der Waals surface area contributed by atoms with Gasteiger partial charge in [-0.05, 0) is 16.2 Å². The van der Waals surface area contributed by atoms with Gasteiger partial charge in [-0.15, -0.1) is 0 Å². The van der Waals surface area contributed by atoms with Gasteiger partial charge < -0.3 is 10.6 Å². The van der Waals surface area contributed by atoms with Crippen LogP contribution >= 0.6 is 0 Å². The molecule has 0 aliphatic heterocycles. The normalized spacial score (nSPS) is 13.6. The molecular weight excluding hydrogens is 224 g/mol. The fraction of sp³-hybridized carbons (Fsp3) is 0.933. The molecule has 0 rings (SSSR count). The quantitative estimate of drug-likeness (QED) is 0.767. The summed E-state index contributed by atoms with van der Waals surface area (Å²) in [7, 11) is 0. The predicted octanol–water partition coefficient (Wildman–Crippen LogP) is 2.81. The topological polar surface area (TPSA) is 41.1 Å². The van der Waals surface area contributed by atoms with Gasteiger partial charge in [-0.1, -0.05) is 48.5 Å². The maximum absolute atomic E-state index is 10.9. The first-order chi connectivity index (χ1) is 7.87. The number of nitrogens with one attached hydrogen (secondary N) is 2. The van der Waals surface area contributed by atoms with E-state index < -0.39 is 0 Å². The van der Waals surface area contributed by atoms with Gasteiger partial charge in [-0.2, -0.15) is 0 Å². The molecule has 0 unspecified atom stereocenters. The van der Waals surface area contributed by atoms with Crippen molar-refractivity contribution in [2.24, 2.45) is 16.2 Å². The van der Waals surface area contributed by atoms with Crippen LogP contribution in [-0.4, -0.2) is 25.5 Å². The average Bonchev–Trinajstić information content (AvgIpc) is 2.12. The first-order valence-corrected chi connectivity index (χ1v) is 6.83. The van der Waals surface area contributed by atoms with Crippen molar-refractivity contribution >= 4 is 5.91 Å². The van der Waals surface area contributed by atoms with E-state index in [9.17, 15) is 4.79 Å². The standard InChI is InChI=1S/C15H32N2O/c1-12(18)17-10-14(5,6)9-16-11-15(7,8)13(2,3)4/h16H,9-11H2,1-8H3,(H,17,18). The van der Waals surface area contributed by atoms with Crippen molar-refractivity contribution in [1.82, 2.24) is 10.6 Å². The lowest BCUT2D eigenvalue weighted by atomic mass is 9.69. The van der Waals surface area contributed by atoms with Crippen LogP contribution in [0.25, 0.3) is 0 Å². The van der Waals surface area contributed by atoms with Crippen LogP contribution in [0, 0.1) is 16.2 Å². The van der Waals surface area contributed by atoms with Gasteiger partial charge in [-0.3, -0.25) is 4.79 Å². The van der Waals surface area contributed by atoms with Crippen molar-refractivity contribution in [3.8, 4) is 0 Å². The highest BCUT2D eigenvalue weighted by molar-refractivity contribution is 5.72. The summed E-state index contributed by atoms with van der Waals surface area (Å²) in [6, 6.07) is 0. The Bertz CT molecular complexity index is 275. The average molecular weight is 256 g/mol. The highest BCUT2D eigenvalue weighted by Gasteiger charge is 2.32. The molecule has 0 saturated carbocycles. The van der Waals surface area contributed by atoms with Gasteiger partial charge in [0.2, 0.25) is 5.91 Å². The minimum Gasteiger partial charge on any atom is -0.356 e. The molecule has 0 heterocycles. The Balaban J connectivity index is 4.14. The molecule has 0 aromatic carbocycles. The van der Waals surface area contributed by atoms with Gasteiger partial charge in [-0.25, -0.2) is 0 Å². The van der Waals surface area contributed by atoms with Crippen LogP contribution in [0.1, 0.15) is 55.4 Å². The third-order valence-corrected chi connectivity index (χ3v) is 4.02. The number of rotatable bonds is 6. The van der Waals surface area contributed by atoms with Crippen molar-refractivity contribution in [2.75, 3.05) is 19.6 Å². The monoisotopic (exact) mass is 256 g/mol. The summed E-state index contributed by atoms with van der Waals surface area (Å²) in [4.78, 5) is 10.9. The van der Waals surface area contributed by atoms with Gasteiger partial charge in [0.25, 0.3) is 0 Å². The van der Waals surface area contributed by atoms with Gasteiger partial charge in [0.15, 0.2) is 0 Å². The summed E-state index contributed by atoms with van der Waals surface area (Å²) in [5, 5.41) is 6.43. The first-order valence-electron chi connectivity index (χ1n) is 6.83. The molecule has 18 heavy (non-hydrogen) atoms. The molecule has 0 fully saturated rings. The maximum atomic E-state index is 10.9. The predicted molar refractivity (Wildman–Crippen MR) is 78.6 cm³/mol. The van der Waals surface area contributed by atoms with Crippen molar-refractivity contribution in [1.29, 1.82) is 0 Å². The lowest BCUT2D eigenvalue weighted by Gasteiger charge is -2.40. The molecule has 0 radical (unpaired) electrons. The highest BCUT2D eigenvalue weighted by atomic mass is 16.1. The van der Waals surface area contributed by atoms with E-state index in [1.165, 1.54) is 0 Å². The number of hydrogen-bond donors (Lipinski definition) is 2. The summed E-state index contributed by atoms with van der Waals surface area (Å²) in [6.45, 7) is 19.9. The van der Waals surface area contributed by atoms with Gasteiger partial charge in [0, 0.05) is 26.6 Å². The van der Waals surface area contributed by atoms with E-state index in [1.807, 2.05) is 0 Å². The molecule has 0 spiro atoms. The summed E-state index contributed by atoms with van der Waals surface area (Å²) in [5.41, 5.74) is 0.610. The fourth-order valence-electron chi connectivity index (χ4n) is 1.40. The van der Waals surface area contributed by atoms with Gasteiger partial charge in [0.1, 0.15) is 0 Å². The molecule has 0 aliphatic carbocycles. The van der Waals surface area contributed by atoms with E-state index in [0.29, 0.717) is 6.54 Å². The van der Waals surface area contributed by atoms with Crippen molar-refractivity contribution in [3.05, 3.63) is 0 Å². The Hall–Kier alpha value is -0.570. The second-order valence-corrected chi connectivity index (χ2v) is 7.81. The zero-order valence-electron chi connectivity index (χ0n) is 13.5. The summed E-state index contributed by atoms with van der Waals surface area (Å²) < 4.78 is 0. The molecule has 2 N–H and O–H groups in total. The minimum atomic E-state index is 0.0399. The second-order valence-electron chi connectivity index (χ2n) is 7.81. The lowest BCUT2D eigenvalue weighted by molar-refractivity contribution is -0.119.